The molecule has 1 nitrogen and oxygen atoms in total. The minimum atomic E-state index is 0.464. The number of allylic oxidation sites excluding steroid dienone is 2. The van der Waals surface area contributed by atoms with E-state index >= 15 is 0 Å². The van der Waals surface area contributed by atoms with E-state index in [4.69, 9.17) is 23.2 Å². The maximum Gasteiger partial charge on any atom is 0.0595 e. The lowest BCUT2D eigenvalue weighted by molar-refractivity contribution is 0.221. The van der Waals surface area contributed by atoms with Crippen molar-refractivity contribution in [3.8, 4) is 0 Å². The van der Waals surface area contributed by atoms with Crippen LogP contribution in [0.2, 0.25) is 10.0 Å². The second-order valence-electron chi connectivity index (χ2n) is 9.42. The third-order valence-electron chi connectivity index (χ3n) is 7.58. The second kappa shape index (κ2) is 8.37. The molecule has 1 aliphatic heterocycles. The van der Waals surface area contributed by atoms with E-state index in [1.807, 2.05) is 12.1 Å². The largest absolute Gasteiger partial charge is 0.296 e. The van der Waals surface area contributed by atoms with Gasteiger partial charge in [0.15, 0.2) is 0 Å². The van der Waals surface area contributed by atoms with Crippen molar-refractivity contribution in [2.45, 2.75) is 38.1 Å². The number of rotatable bonds is 3. The van der Waals surface area contributed by atoms with Gasteiger partial charge in [-0.05, 0) is 95.9 Å². The van der Waals surface area contributed by atoms with Crippen molar-refractivity contribution in [1.82, 2.24) is 4.90 Å². The summed E-state index contributed by atoms with van der Waals surface area (Å²) in [5.41, 5.74) is 7.35. The molecule has 0 N–H and O–H groups in total. The first-order valence-corrected chi connectivity index (χ1v) is 12.5. The Morgan fingerprint density at radius 2 is 1.72 bits per heavy atom. The van der Waals surface area contributed by atoms with Crippen LogP contribution in [-0.2, 0) is 12.8 Å². The number of benzene rings is 3. The van der Waals surface area contributed by atoms with E-state index in [1.165, 1.54) is 59.0 Å². The number of fused-ring (bicyclic) bond motifs is 4. The van der Waals surface area contributed by atoms with Crippen molar-refractivity contribution in [2.75, 3.05) is 13.1 Å². The van der Waals surface area contributed by atoms with Crippen LogP contribution in [0, 0.1) is 5.92 Å². The maximum absolute atomic E-state index is 6.34. The molecule has 32 heavy (non-hydrogen) atoms. The van der Waals surface area contributed by atoms with Crippen molar-refractivity contribution in [3.63, 3.8) is 0 Å². The number of likely N-dealkylation sites (tertiary alicyclic amines) is 1. The van der Waals surface area contributed by atoms with Crippen LogP contribution >= 0.6 is 23.2 Å². The Bertz CT molecular complexity index is 1250. The van der Waals surface area contributed by atoms with Crippen LogP contribution < -0.4 is 0 Å². The first kappa shape index (κ1) is 20.5. The Morgan fingerprint density at radius 3 is 2.56 bits per heavy atom. The van der Waals surface area contributed by atoms with Gasteiger partial charge in [-0.15, -0.1) is 0 Å². The molecule has 0 radical (unpaired) electrons. The highest BCUT2D eigenvalue weighted by atomic mass is 35.5. The van der Waals surface area contributed by atoms with Crippen LogP contribution in [0.3, 0.4) is 0 Å². The highest BCUT2D eigenvalue weighted by molar-refractivity contribution is 6.42. The number of nitrogens with zero attached hydrogens (tertiary/aromatic N) is 1. The summed E-state index contributed by atoms with van der Waals surface area (Å²) in [6.07, 6.45) is 10.8. The van der Waals surface area contributed by atoms with E-state index in [9.17, 15) is 0 Å². The molecule has 1 fully saturated rings. The topological polar surface area (TPSA) is 3.24 Å². The summed E-state index contributed by atoms with van der Waals surface area (Å²) >= 11 is 12.5. The lowest BCUT2D eigenvalue weighted by Gasteiger charge is -2.41. The average Bonchev–Trinajstić information content (AvgIpc) is 3.35. The van der Waals surface area contributed by atoms with Gasteiger partial charge >= 0.3 is 0 Å². The van der Waals surface area contributed by atoms with Crippen molar-refractivity contribution in [1.29, 1.82) is 0 Å². The standard InChI is InChI=1S/C29H27Cl2N/c30-27-14-7-19(18-28(27)31)17-21-9-11-25-24-10-8-20-5-1-2-6-22(20)23(24)12-13-26(25)29(21)32-15-3-4-16-32/h1-2,5-11,14,18,21,29H,3-4,12-13,15-17H2. The summed E-state index contributed by atoms with van der Waals surface area (Å²) in [6.45, 7) is 2.41. The Labute approximate surface area is 200 Å². The molecule has 1 saturated heterocycles. The van der Waals surface area contributed by atoms with Crippen LogP contribution in [0.5, 0.6) is 0 Å². The summed E-state index contributed by atoms with van der Waals surface area (Å²) < 4.78 is 0. The summed E-state index contributed by atoms with van der Waals surface area (Å²) in [5, 5.41) is 4.05. The summed E-state index contributed by atoms with van der Waals surface area (Å²) in [5.74, 6) is 0.464. The van der Waals surface area contributed by atoms with Crippen molar-refractivity contribution >= 4 is 39.5 Å². The van der Waals surface area contributed by atoms with Gasteiger partial charge in [-0.1, -0.05) is 77.8 Å². The van der Waals surface area contributed by atoms with Gasteiger partial charge in [0.05, 0.1) is 10.0 Å². The second-order valence-corrected chi connectivity index (χ2v) is 10.2. The highest BCUT2D eigenvalue weighted by Gasteiger charge is 2.36. The molecule has 3 aromatic carbocycles. The van der Waals surface area contributed by atoms with Gasteiger partial charge in [-0.3, -0.25) is 4.90 Å². The molecular weight excluding hydrogens is 433 g/mol. The van der Waals surface area contributed by atoms with Gasteiger partial charge < -0.3 is 0 Å². The smallest absolute Gasteiger partial charge is 0.0595 e. The van der Waals surface area contributed by atoms with Gasteiger partial charge in [-0.2, -0.15) is 0 Å². The van der Waals surface area contributed by atoms with Gasteiger partial charge in [0.2, 0.25) is 0 Å². The van der Waals surface area contributed by atoms with E-state index in [2.05, 4.69) is 59.5 Å². The van der Waals surface area contributed by atoms with Crippen LogP contribution in [0.4, 0.5) is 0 Å². The molecule has 3 aliphatic rings. The first-order chi connectivity index (χ1) is 15.7. The van der Waals surface area contributed by atoms with Gasteiger partial charge in [0.1, 0.15) is 0 Å². The zero-order valence-electron chi connectivity index (χ0n) is 18.2. The molecule has 2 aliphatic carbocycles. The molecule has 2 unspecified atom stereocenters. The third kappa shape index (κ3) is 3.52. The predicted octanol–water partition coefficient (Wildman–Crippen LogP) is 7.74. The minimum absolute atomic E-state index is 0.464. The average molecular weight is 460 g/mol. The van der Waals surface area contributed by atoms with Crippen LogP contribution in [0.1, 0.15) is 36.0 Å². The number of hydrogen-bond acceptors (Lipinski definition) is 1. The zero-order valence-corrected chi connectivity index (χ0v) is 19.7. The summed E-state index contributed by atoms with van der Waals surface area (Å²) in [4.78, 5) is 2.74. The Balaban J connectivity index is 1.41. The molecule has 6 rings (SSSR count). The van der Waals surface area contributed by atoms with Gasteiger partial charge in [0, 0.05) is 12.0 Å². The molecule has 0 spiro atoms. The van der Waals surface area contributed by atoms with Crippen LogP contribution in [0.25, 0.3) is 16.3 Å². The predicted molar refractivity (Wildman–Crippen MR) is 137 cm³/mol. The molecule has 162 valence electrons. The fourth-order valence-electron chi connectivity index (χ4n) is 6.14. The lowest BCUT2D eigenvalue weighted by Crippen LogP contribution is -2.42. The summed E-state index contributed by atoms with van der Waals surface area (Å²) in [6, 6.07) is 20.1. The zero-order chi connectivity index (χ0) is 21.7. The van der Waals surface area contributed by atoms with Crippen molar-refractivity contribution in [2.24, 2.45) is 5.92 Å². The fourth-order valence-corrected chi connectivity index (χ4v) is 6.46. The Morgan fingerprint density at radius 1 is 0.875 bits per heavy atom. The van der Waals surface area contributed by atoms with Crippen molar-refractivity contribution < 1.29 is 0 Å². The normalized spacial score (nSPS) is 22.9. The van der Waals surface area contributed by atoms with E-state index in [-0.39, 0.29) is 0 Å². The number of hydrogen-bond donors (Lipinski definition) is 0. The number of aryl methyl sites for hydroxylation is 1. The Kier molecular flexibility index (Phi) is 5.38. The quantitative estimate of drug-likeness (QED) is 0.386. The maximum atomic E-state index is 6.34. The lowest BCUT2D eigenvalue weighted by atomic mass is 9.73. The van der Waals surface area contributed by atoms with Crippen molar-refractivity contribution in [3.05, 3.63) is 99.1 Å². The van der Waals surface area contributed by atoms with Crippen LogP contribution in [0.15, 0.2) is 72.3 Å². The molecule has 1 heterocycles. The van der Waals surface area contributed by atoms with Gasteiger partial charge in [-0.25, -0.2) is 0 Å². The molecule has 0 saturated carbocycles. The highest BCUT2D eigenvalue weighted by Crippen LogP contribution is 2.44. The van der Waals surface area contributed by atoms with E-state index in [0.29, 0.717) is 22.0 Å². The molecule has 3 aromatic rings. The minimum Gasteiger partial charge on any atom is -0.296 e. The number of halogens is 2. The molecule has 0 bridgehead atoms. The molecule has 3 heteroatoms. The molecule has 0 amide bonds. The molecular formula is C29H27Cl2N. The molecule has 2 atom stereocenters. The SMILES string of the molecule is Clc1ccc(CC2C=CC3=C(CCc4c3ccc3ccccc43)C2N2CCCC2)cc1Cl. The first-order valence-electron chi connectivity index (χ1n) is 11.8. The van der Waals surface area contributed by atoms with Crippen LogP contribution in [-0.4, -0.2) is 24.0 Å². The third-order valence-corrected chi connectivity index (χ3v) is 8.32. The molecule has 0 aromatic heterocycles. The fraction of sp³-hybridized carbons (Fsp3) is 0.310. The Hall–Kier alpha value is -2.06. The van der Waals surface area contributed by atoms with E-state index in [1.54, 1.807) is 5.57 Å². The summed E-state index contributed by atoms with van der Waals surface area (Å²) in [7, 11) is 0. The van der Waals surface area contributed by atoms with Gasteiger partial charge in [0.25, 0.3) is 0 Å². The van der Waals surface area contributed by atoms with E-state index < -0.39 is 0 Å². The monoisotopic (exact) mass is 459 g/mol. The van der Waals surface area contributed by atoms with E-state index in [0.717, 1.165) is 19.3 Å².